The summed E-state index contributed by atoms with van der Waals surface area (Å²) in [6, 6.07) is 5.98. The zero-order chi connectivity index (χ0) is 11.3. The molecule has 1 nitrogen and oxygen atoms in total. The summed E-state index contributed by atoms with van der Waals surface area (Å²) in [5.74, 6) is 0. The molecule has 0 saturated heterocycles. The predicted molar refractivity (Wildman–Crippen MR) is 70.3 cm³/mol. The van der Waals surface area contributed by atoms with E-state index in [1.54, 1.807) is 0 Å². The molecule has 0 unspecified atom stereocenters. The fourth-order valence-electron chi connectivity index (χ4n) is 1.14. The molecule has 0 bridgehead atoms. The Hall–Kier alpha value is -0.310. The molecule has 0 aromatic heterocycles. The Labute approximate surface area is 105 Å². The second-order valence-electron chi connectivity index (χ2n) is 3.66. The molecule has 1 aromatic rings. The molecular formula is C12H15BrClN. The molecular weight excluding hydrogens is 273 g/mol. The highest BCUT2D eigenvalue weighted by molar-refractivity contribution is 9.10. The first kappa shape index (κ1) is 12.8. The monoisotopic (exact) mass is 287 g/mol. The van der Waals surface area contributed by atoms with E-state index >= 15 is 0 Å². The smallest absolute Gasteiger partial charge is 0.0548 e. The van der Waals surface area contributed by atoms with E-state index in [0.717, 1.165) is 22.6 Å². The van der Waals surface area contributed by atoms with Crippen LogP contribution in [0.25, 0.3) is 0 Å². The van der Waals surface area contributed by atoms with Crippen molar-refractivity contribution in [2.75, 3.05) is 6.54 Å². The molecule has 82 valence electrons. The first-order valence-electron chi connectivity index (χ1n) is 4.87. The fraction of sp³-hybridized carbons (Fsp3) is 0.333. The van der Waals surface area contributed by atoms with Gasteiger partial charge in [-0.25, -0.2) is 0 Å². The molecule has 0 heterocycles. The van der Waals surface area contributed by atoms with Gasteiger partial charge in [-0.05, 0) is 47.5 Å². The average Bonchev–Trinajstić information content (AvgIpc) is 2.18. The van der Waals surface area contributed by atoms with Crippen LogP contribution in [-0.2, 0) is 6.54 Å². The van der Waals surface area contributed by atoms with E-state index in [0.29, 0.717) is 0 Å². The standard InChI is InChI=1S/C12H15BrClN/c1-9(2)5-6-15-8-10-3-4-12(14)11(13)7-10/h3-5,7,15H,6,8H2,1-2H3. The third-order valence-electron chi connectivity index (χ3n) is 1.97. The van der Waals surface area contributed by atoms with Gasteiger partial charge < -0.3 is 5.32 Å². The fourth-order valence-corrected chi connectivity index (χ4v) is 1.69. The summed E-state index contributed by atoms with van der Waals surface area (Å²) in [5.41, 5.74) is 2.56. The molecule has 0 aliphatic rings. The lowest BCUT2D eigenvalue weighted by atomic mass is 10.2. The van der Waals surface area contributed by atoms with Crippen molar-refractivity contribution in [1.82, 2.24) is 5.32 Å². The van der Waals surface area contributed by atoms with Crippen LogP contribution in [0.3, 0.4) is 0 Å². The summed E-state index contributed by atoms with van der Waals surface area (Å²) in [7, 11) is 0. The van der Waals surface area contributed by atoms with E-state index in [1.807, 2.05) is 18.2 Å². The summed E-state index contributed by atoms with van der Waals surface area (Å²) in [4.78, 5) is 0. The number of hydrogen-bond acceptors (Lipinski definition) is 1. The second-order valence-corrected chi connectivity index (χ2v) is 4.92. The Balaban J connectivity index is 2.44. The van der Waals surface area contributed by atoms with Crippen LogP contribution in [-0.4, -0.2) is 6.54 Å². The van der Waals surface area contributed by atoms with Crippen LogP contribution in [0, 0.1) is 0 Å². The van der Waals surface area contributed by atoms with Crippen LogP contribution in [0.1, 0.15) is 19.4 Å². The van der Waals surface area contributed by atoms with E-state index in [2.05, 4.69) is 41.2 Å². The van der Waals surface area contributed by atoms with Crippen molar-refractivity contribution in [2.24, 2.45) is 0 Å². The Morgan fingerprint density at radius 1 is 1.47 bits per heavy atom. The zero-order valence-electron chi connectivity index (χ0n) is 8.98. The SMILES string of the molecule is CC(C)=CCNCc1ccc(Cl)c(Br)c1. The molecule has 1 aromatic carbocycles. The van der Waals surface area contributed by atoms with E-state index < -0.39 is 0 Å². The van der Waals surface area contributed by atoms with E-state index in [1.165, 1.54) is 11.1 Å². The van der Waals surface area contributed by atoms with Gasteiger partial charge in [-0.2, -0.15) is 0 Å². The summed E-state index contributed by atoms with van der Waals surface area (Å²) in [6.45, 7) is 5.96. The molecule has 0 spiro atoms. The third-order valence-corrected chi connectivity index (χ3v) is 3.18. The highest BCUT2D eigenvalue weighted by Crippen LogP contribution is 2.22. The number of benzene rings is 1. The van der Waals surface area contributed by atoms with Crippen LogP contribution >= 0.6 is 27.5 Å². The molecule has 0 aliphatic carbocycles. The summed E-state index contributed by atoms with van der Waals surface area (Å²) < 4.78 is 0.950. The number of rotatable bonds is 4. The Morgan fingerprint density at radius 2 is 2.20 bits per heavy atom. The Kier molecular flexibility index (Phi) is 5.37. The van der Waals surface area contributed by atoms with Crippen molar-refractivity contribution in [3.05, 3.63) is 44.9 Å². The normalized spacial score (nSPS) is 10.1. The van der Waals surface area contributed by atoms with Crippen molar-refractivity contribution in [2.45, 2.75) is 20.4 Å². The maximum absolute atomic E-state index is 5.91. The van der Waals surface area contributed by atoms with Crippen molar-refractivity contribution in [1.29, 1.82) is 0 Å². The van der Waals surface area contributed by atoms with E-state index in [-0.39, 0.29) is 0 Å². The largest absolute Gasteiger partial charge is 0.309 e. The first-order chi connectivity index (χ1) is 7.09. The van der Waals surface area contributed by atoms with Gasteiger partial charge in [-0.15, -0.1) is 0 Å². The number of halogens is 2. The van der Waals surface area contributed by atoms with Crippen LogP contribution in [0.4, 0.5) is 0 Å². The quantitative estimate of drug-likeness (QED) is 0.648. The van der Waals surface area contributed by atoms with Crippen molar-refractivity contribution in [3.63, 3.8) is 0 Å². The molecule has 0 fully saturated rings. The highest BCUT2D eigenvalue weighted by Gasteiger charge is 1.97. The van der Waals surface area contributed by atoms with Crippen molar-refractivity contribution >= 4 is 27.5 Å². The third kappa shape index (κ3) is 4.83. The van der Waals surface area contributed by atoms with Gasteiger partial charge in [0.25, 0.3) is 0 Å². The average molecular weight is 289 g/mol. The number of allylic oxidation sites excluding steroid dienone is 1. The number of hydrogen-bond donors (Lipinski definition) is 1. The van der Waals surface area contributed by atoms with Gasteiger partial charge in [0.2, 0.25) is 0 Å². The Morgan fingerprint density at radius 3 is 2.80 bits per heavy atom. The maximum Gasteiger partial charge on any atom is 0.0548 e. The molecule has 15 heavy (non-hydrogen) atoms. The second kappa shape index (κ2) is 6.31. The minimum Gasteiger partial charge on any atom is -0.309 e. The molecule has 0 saturated carbocycles. The molecule has 1 N–H and O–H groups in total. The lowest BCUT2D eigenvalue weighted by molar-refractivity contribution is 0.757. The molecule has 3 heteroatoms. The number of nitrogens with one attached hydrogen (secondary N) is 1. The van der Waals surface area contributed by atoms with Gasteiger partial charge in [0, 0.05) is 17.6 Å². The van der Waals surface area contributed by atoms with Gasteiger partial charge >= 0.3 is 0 Å². The van der Waals surface area contributed by atoms with Crippen LogP contribution in [0.5, 0.6) is 0 Å². The van der Waals surface area contributed by atoms with E-state index in [9.17, 15) is 0 Å². The lowest BCUT2D eigenvalue weighted by Gasteiger charge is -2.04. The van der Waals surface area contributed by atoms with Gasteiger partial charge in [0.15, 0.2) is 0 Å². The lowest BCUT2D eigenvalue weighted by Crippen LogP contribution is -2.13. The van der Waals surface area contributed by atoms with Gasteiger partial charge in [-0.1, -0.05) is 29.3 Å². The van der Waals surface area contributed by atoms with Gasteiger partial charge in [0.1, 0.15) is 0 Å². The van der Waals surface area contributed by atoms with Crippen molar-refractivity contribution < 1.29 is 0 Å². The Bertz CT molecular complexity index is 357. The zero-order valence-corrected chi connectivity index (χ0v) is 11.3. The molecule has 0 amide bonds. The topological polar surface area (TPSA) is 12.0 Å². The van der Waals surface area contributed by atoms with Crippen LogP contribution < -0.4 is 5.32 Å². The van der Waals surface area contributed by atoms with Crippen LogP contribution in [0.2, 0.25) is 5.02 Å². The molecule has 0 radical (unpaired) electrons. The van der Waals surface area contributed by atoms with Crippen LogP contribution in [0.15, 0.2) is 34.3 Å². The van der Waals surface area contributed by atoms with Crippen molar-refractivity contribution in [3.8, 4) is 0 Å². The first-order valence-corrected chi connectivity index (χ1v) is 6.04. The summed E-state index contributed by atoms with van der Waals surface area (Å²) >= 11 is 9.31. The molecule has 1 rings (SSSR count). The predicted octanol–water partition coefficient (Wildman–Crippen LogP) is 4.16. The highest BCUT2D eigenvalue weighted by atomic mass is 79.9. The maximum atomic E-state index is 5.91. The minimum atomic E-state index is 0.753. The van der Waals surface area contributed by atoms with E-state index in [4.69, 9.17) is 11.6 Å². The molecule has 0 atom stereocenters. The van der Waals surface area contributed by atoms with Gasteiger partial charge in [0.05, 0.1) is 5.02 Å². The summed E-state index contributed by atoms with van der Waals surface area (Å²) in [6.07, 6.45) is 2.17. The van der Waals surface area contributed by atoms with Gasteiger partial charge in [-0.3, -0.25) is 0 Å². The molecule has 0 aliphatic heterocycles. The minimum absolute atomic E-state index is 0.753. The summed E-state index contributed by atoms with van der Waals surface area (Å²) in [5, 5.41) is 4.09.